The van der Waals surface area contributed by atoms with Crippen LogP contribution in [0.2, 0.25) is 0 Å². The van der Waals surface area contributed by atoms with Crippen LogP contribution in [0, 0.1) is 17.2 Å². The van der Waals surface area contributed by atoms with Gasteiger partial charge in [-0.25, -0.2) is 0 Å². The van der Waals surface area contributed by atoms with Crippen molar-refractivity contribution in [3.8, 4) is 6.07 Å². The van der Waals surface area contributed by atoms with Gasteiger partial charge in [-0.05, 0) is 55.2 Å². The van der Waals surface area contributed by atoms with Gasteiger partial charge in [0.1, 0.15) is 6.07 Å². The van der Waals surface area contributed by atoms with E-state index in [0.717, 1.165) is 43.1 Å². The van der Waals surface area contributed by atoms with Crippen molar-refractivity contribution in [2.75, 3.05) is 29.4 Å². The third-order valence-corrected chi connectivity index (χ3v) is 7.69. The smallest absolute Gasteiger partial charge is 0.367 e. The molecule has 2 atom stereocenters. The molecule has 0 unspecified atom stereocenters. The number of piperazine rings is 1. The van der Waals surface area contributed by atoms with Crippen LogP contribution in [0.15, 0.2) is 42.5 Å². The molecular formula is C27H29F3N4O. The number of hydrogen-bond acceptors (Lipinski definition) is 4. The maximum Gasteiger partial charge on any atom is 0.416 e. The number of rotatable bonds is 3. The number of nitrogens with zero attached hydrogens (tertiary/aromatic N) is 3. The number of halogens is 3. The Balaban J connectivity index is 1.47. The van der Waals surface area contributed by atoms with Gasteiger partial charge in [-0.3, -0.25) is 4.79 Å². The number of fused-ring (bicyclic) bond motifs is 3. The van der Waals surface area contributed by atoms with Crippen LogP contribution in [0.5, 0.6) is 0 Å². The summed E-state index contributed by atoms with van der Waals surface area (Å²) in [7, 11) is 0. The number of para-hydroxylation sites is 1. The number of carbonyl (C=O) groups is 1. The first-order valence-electron chi connectivity index (χ1n) is 12.4. The van der Waals surface area contributed by atoms with Crippen LogP contribution in [-0.4, -0.2) is 37.6 Å². The van der Waals surface area contributed by atoms with E-state index in [0.29, 0.717) is 30.8 Å². The van der Waals surface area contributed by atoms with Gasteiger partial charge in [0, 0.05) is 31.4 Å². The Morgan fingerprint density at radius 3 is 2.54 bits per heavy atom. The largest absolute Gasteiger partial charge is 0.416 e. The maximum absolute atomic E-state index is 13.5. The lowest BCUT2D eigenvalue weighted by molar-refractivity contribution is -0.137. The fraction of sp³-hybridized carbons (Fsp3) is 0.481. The van der Waals surface area contributed by atoms with Gasteiger partial charge in [0.2, 0.25) is 5.91 Å². The van der Waals surface area contributed by atoms with Crippen molar-refractivity contribution in [1.29, 1.82) is 5.26 Å². The highest BCUT2D eigenvalue weighted by Gasteiger charge is 2.43. The van der Waals surface area contributed by atoms with Gasteiger partial charge in [0.25, 0.3) is 0 Å². The molecule has 2 fully saturated rings. The number of amides is 1. The van der Waals surface area contributed by atoms with Crippen molar-refractivity contribution in [1.82, 2.24) is 5.32 Å². The monoisotopic (exact) mass is 482 g/mol. The molecule has 0 bridgehead atoms. The second kappa shape index (κ2) is 9.44. The molecule has 5 nitrogen and oxygen atoms in total. The van der Waals surface area contributed by atoms with Gasteiger partial charge in [0.15, 0.2) is 0 Å². The maximum atomic E-state index is 13.5. The lowest BCUT2D eigenvalue weighted by atomic mass is 9.82. The quantitative estimate of drug-likeness (QED) is 0.677. The number of anilines is 2. The molecule has 0 radical (unpaired) electrons. The molecular weight excluding hydrogens is 453 g/mol. The van der Waals surface area contributed by atoms with E-state index in [1.54, 1.807) is 12.1 Å². The molecule has 35 heavy (non-hydrogen) atoms. The van der Waals surface area contributed by atoms with E-state index >= 15 is 0 Å². The molecule has 184 valence electrons. The number of hydrogen-bond donors (Lipinski definition) is 1. The Bertz CT molecular complexity index is 1140. The standard InChI is InChI=1S/C27H29F3N4O/c28-27(29,30)20-10-11-24-19(14-20)15-22(26(35)32-21-7-2-1-3-8-21)25-17-33(12-13-34(24)25)23-9-5-4-6-18(23)16-31/h4-6,9-11,14,21-22,25H,1-3,7-8,12-13,15,17H2,(H,32,35)/t22-,25+/m0/s1. The summed E-state index contributed by atoms with van der Waals surface area (Å²) in [4.78, 5) is 17.8. The third-order valence-electron chi connectivity index (χ3n) is 7.69. The summed E-state index contributed by atoms with van der Waals surface area (Å²) >= 11 is 0. The average molecular weight is 483 g/mol. The first-order chi connectivity index (χ1) is 16.8. The molecule has 2 heterocycles. The highest BCUT2D eigenvalue weighted by molar-refractivity contribution is 5.83. The van der Waals surface area contributed by atoms with Gasteiger partial charge in [0.05, 0.1) is 28.8 Å². The Morgan fingerprint density at radius 1 is 1.03 bits per heavy atom. The van der Waals surface area contributed by atoms with Crippen LogP contribution >= 0.6 is 0 Å². The van der Waals surface area contributed by atoms with Gasteiger partial charge >= 0.3 is 6.18 Å². The van der Waals surface area contributed by atoms with Crippen LogP contribution in [0.3, 0.4) is 0 Å². The number of benzene rings is 2. The van der Waals surface area contributed by atoms with E-state index in [4.69, 9.17) is 0 Å². The Labute approximate surface area is 203 Å². The predicted molar refractivity (Wildman–Crippen MR) is 128 cm³/mol. The Hall–Kier alpha value is -3.21. The predicted octanol–water partition coefficient (Wildman–Crippen LogP) is 4.89. The van der Waals surface area contributed by atoms with Crippen molar-refractivity contribution >= 4 is 17.3 Å². The summed E-state index contributed by atoms with van der Waals surface area (Å²) in [6.45, 7) is 1.71. The first-order valence-corrected chi connectivity index (χ1v) is 12.4. The normalized spacial score (nSPS) is 22.7. The zero-order chi connectivity index (χ0) is 24.6. The van der Waals surface area contributed by atoms with E-state index in [1.165, 1.54) is 12.5 Å². The van der Waals surface area contributed by atoms with Gasteiger partial charge in [-0.1, -0.05) is 31.4 Å². The van der Waals surface area contributed by atoms with E-state index in [2.05, 4.69) is 21.2 Å². The zero-order valence-electron chi connectivity index (χ0n) is 19.5. The third kappa shape index (κ3) is 4.69. The summed E-state index contributed by atoms with van der Waals surface area (Å²) in [5.41, 5.74) is 2.08. The molecule has 1 saturated carbocycles. The van der Waals surface area contributed by atoms with Crippen LogP contribution in [-0.2, 0) is 17.4 Å². The fourth-order valence-corrected chi connectivity index (χ4v) is 5.92. The topological polar surface area (TPSA) is 59.4 Å². The minimum absolute atomic E-state index is 0.0784. The van der Waals surface area contributed by atoms with Crippen molar-refractivity contribution in [2.24, 2.45) is 5.92 Å². The number of nitriles is 1. The minimum atomic E-state index is -4.43. The SMILES string of the molecule is N#Cc1ccccc1N1CCN2c3ccc(C(F)(F)F)cc3C[C@H](C(=O)NC3CCCCC3)[C@H]2C1. The lowest BCUT2D eigenvalue weighted by Crippen LogP contribution is -2.62. The van der Waals surface area contributed by atoms with E-state index in [-0.39, 0.29) is 24.4 Å². The summed E-state index contributed by atoms with van der Waals surface area (Å²) in [6.07, 6.45) is 1.08. The number of nitrogens with one attached hydrogen (secondary N) is 1. The molecule has 0 spiro atoms. The first kappa shape index (κ1) is 23.5. The average Bonchev–Trinajstić information content (AvgIpc) is 2.87. The van der Waals surface area contributed by atoms with Crippen molar-refractivity contribution < 1.29 is 18.0 Å². The summed E-state index contributed by atoms with van der Waals surface area (Å²) in [6, 6.07) is 13.5. The molecule has 1 aliphatic carbocycles. The Morgan fingerprint density at radius 2 is 1.80 bits per heavy atom. The van der Waals surface area contributed by atoms with E-state index in [1.807, 2.05) is 18.2 Å². The van der Waals surface area contributed by atoms with Crippen molar-refractivity contribution in [3.63, 3.8) is 0 Å². The van der Waals surface area contributed by atoms with Crippen LogP contribution < -0.4 is 15.1 Å². The molecule has 1 amide bonds. The highest BCUT2D eigenvalue weighted by atomic mass is 19.4. The van der Waals surface area contributed by atoms with Crippen LogP contribution in [0.1, 0.15) is 48.8 Å². The van der Waals surface area contributed by atoms with Crippen molar-refractivity contribution in [3.05, 3.63) is 59.2 Å². The lowest BCUT2D eigenvalue weighted by Gasteiger charge is -2.50. The molecule has 3 aliphatic rings. The highest BCUT2D eigenvalue weighted by Crippen LogP contribution is 2.40. The second-order valence-electron chi connectivity index (χ2n) is 9.83. The van der Waals surface area contributed by atoms with Crippen LogP contribution in [0.25, 0.3) is 0 Å². The number of alkyl halides is 3. The van der Waals surface area contributed by atoms with Crippen LogP contribution in [0.4, 0.5) is 24.5 Å². The molecule has 2 aromatic rings. The summed E-state index contributed by atoms with van der Waals surface area (Å²) in [5.74, 6) is -0.546. The van der Waals surface area contributed by atoms with Gasteiger partial charge < -0.3 is 15.1 Å². The summed E-state index contributed by atoms with van der Waals surface area (Å²) in [5, 5.41) is 12.8. The zero-order valence-corrected chi connectivity index (χ0v) is 19.5. The number of carbonyl (C=O) groups excluding carboxylic acids is 1. The minimum Gasteiger partial charge on any atom is -0.367 e. The molecule has 0 aromatic heterocycles. The molecule has 8 heteroatoms. The van der Waals surface area contributed by atoms with E-state index in [9.17, 15) is 23.2 Å². The Kier molecular flexibility index (Phi) is 6.35. The molecule has 2 aromatic carbocycles. The molecule has 1 saturated heterocycles. The van der Waals surface area contributed by atoms with Crippen molar-refractivity contribution in [2.45, 2.75) is 56.8 Å². The molecule has 1 N–H and O–H groups in total. The molecule has 5 rings (SSSR count). The van der Waals surface area contributed by atoms with Gasteiger partial charge in [-0.15, -0.1) is 0 Å². The van der Waals surface area contributed by atoms with E-state index < -0.39 is 17.7 Å². The fourth-order valence-electron chi connectivity index (χ4n) is 5.92. The van der Waals surface area contributed by atoms with Gasteiger partial charge in [-0.2, -0.15) is 18.4 Å². The molecule has 2 aliphatic heterocycles. The summed E-state index contributed by atoms with van der Waals surface area (Å²) < 4.78 is 40.3. The second-order valence-corrected chi connectivity index (χ2v) is 9.83.